The van der Waals surface area contributed by atoms with Crippen LogP contribution in [0.4, 0.5) is 0 Å². The summed E-state index contributed by atoms with van der Waals surface area (Å²) in [5.74, 6) is 2.22. The molecule has 0 aliphatic heterocycles. The first-order valence-electron chi connectivity index (χ1n) is 8.61. The Labute approximate surface area is 158 Å². The van der Waals surface area contributed by atoms with Gasteiger partial charge in [0.15, 0.2) is 0 Å². The summed E-state index contributed by atoms with van der Waals surface area (Å²) in [5, 5.41) is 8.47. The Hall–Kier alpha value is -2.59. The van der Waals surface area contributed by atoms with E-state index < -0.39 is 0 Å². The van der Waals surface area contributed by atoms with Gasteiger partial charge in [-0.3, -0.25) is 0 Å². The molecule has 0 N–H and O–H groups in total. The molecule has 0 atom stereocenters. The van der Waals surface area contributed by atoms with Crippen molar-refractivity contribution in [2.45, 2.75) is 20.3 Å². The van der Waals surface area contributed by atoms with Crippen LogP contribution in [0.25, 0.3) is 22.6 Å². The van der Waals surface area contributed by atoms with Crippen LogP contribution in [0.2, 0.25) is 0 Å². The van der Waals surface area contributed by atoms with E-state index in [9.17, 15) is 0 Å². The Morgan fingerprint density at radius 2 is 1.81 bits per heavy atom. The quantitative estimate of drug-likeness (QED) is 0.521. The summed E-state index contributed by atoms with van der Waals surface area (Å²) in [5.41, 5.74) is 1.80. The number of nitrogens with zero attached hydrogens (tertiary/aromatic N) is 2. The van der Waals surface area contributed by atoms with Gasteiger partial charge in [-0.15, -0.1) is 10.2 Å². The first kappa shape index (κ1) is 18.2. The Morgan fingerprint density at radius 1 is 1.08 bits per heavy atom. The van der Waals surface area contributed by atoms with E-state index in [0.717, 1.165) is 29.9 Å². The summed E-state index contributed by atoms with van der Waals surface area (Å²) in [6.07, 6.45) is 2.83. The van der Waals surface area contributed by atoms with E-state index in [0.29, 0.717) is 22.7 Å². The minimum atomic E-state index is 0.294. The molecule has 3 rings (SSSR count). The second-order valence-corrected chi connectivity index (χ2v) is 6.78. The highest BCUT2D eigenvalue weighted by Crippen LogP contribution is 2.25. The monoisotopic (exact) mass is 368 g/mol. The van der Waals surface area contributed by atoms with E-state index in [-0.39, 0.29) is 0 Å². The third-order valence-corrected chi connectivity index (χ3v) is 4.06. The van der Waals surface area contributed by atoms with Gasteiger partial charge in [-0.1, -0.05) is 55.8 Å². The Morgan fingerprint density at radius 3 is 2.50 bits per heavy atom. The molecule has 5 heteroatoms. The normalized spacial score (nSPS) is 11.8. The molecule has 0 radical (unpaired) electrons. The third-order valence-electron chi connectivity index (χ3n) is 3.79. The average molecular weight is 369 g/mol. The number of hydrogen-bond acceptors (Lipinski definition) is 4. The van der Waals surface area contributed by atoms with Crippen molar-refractivity contribution in [3.8, 4) is 17.2 Å². The summed E-state index contributed by atoms with van der Waals surface area (Å²) in [6, 6.07) is 17.3. The van der Waals surface area contributed by atoms with Crippen molar-refractivity contribution in [1.29, 1.82) is 0 Å². The van der Waals surface area contributed by atoms with E-state index in [1.165, 1.54) is 0 Å². The van der Waals surface area contributed by atoms with Crippen molar-refractivity contribution in [1.82, 2.24) is 10.2 Å². The van der Waals surface area contributed by atoms with Crippen molar-refractivity contribution in [2.75, 3.05) is 6.61 Å². The minimum Gasteiger partial charge on any atom is -0.494 e. The summed E-state index contributed by atoms with van der Waals surface area (Å²) in [4.78, 5) is 0. The Kier molecular flexibility index (Phi) is 6.08. The SMILES string of the molecule is CC(C)CCOc1ccc(/C=C(\Cl)c2nnc(-c3ccccc3)o2)cc1. The van der Waals surface area contributed by atoms with Gasteiger partial charge in [0.25, 0.3) is 5.89 Å². The number of rotatable bonds is 7. The van der Waals surface area contributed by atoms with Crippen LogP contribution >= 0.6 is 11.6 Å². The van der Waals surface area contributed by atoms with E-state index in [1.54, 1.807) is 6.08 Å². The van der Waals surface area contributed by atoms with Crippen molar-refractivity contribution in [2.24, 2.45) is 5.92 Å². The number of aromatic nitrogens is 2. The van der Waals surface area contributed by atoms with Gasteiger partial charge < -0.3 is 9.15 Å². The predicted octanol–water partition coefficient (Wildman–Crippen LogP) is 5.90. The van der Waals surface area contributed by atoms with Gasteiger partial charge in [0.1, 0.15) is 10.8 Å². The molecule has 0 saturated carbocycles. The molecular formula is C21H21ClN2O2. The van der Waals surface area contributed by atoms with E-state index >= 15 is 0 Å². The molecule has 0 aliphatic rings. The molecule has 0 bridgehead atoms. The van der Waals surface area contributed by atoms with Gasteiger partial charge in [-0.25, -0.2) is 0 Å². The van der Waals surface area contributed by atoms with Crippen molar-refractivity contribution < 1.29 is 9.15 Å². The summed E-state index contributed by atoms with van der Waals surface area (Å²) >= 11 is 6.33. The number of ether oxygens (including phenoxy) is 1. The fourth-order valence-electron chi connectivity index (χ4n) is 2.30. The summed E-state index contributed by atoms with van der Waals surface area (Å²) in [7, 11) is 0. The molecular weight excluding hydrogens is 348 g/mol. The lowest BCUT2D eigenvalue weighted by atomic mass is 10.1. The molecule has 0 spiro atoms. The maximum atomic E-state index is 6.33. The second-order valence-electron chi connectivity index (χ2n) is 6.37. The standard InChI is InChI=1S/C21H21ClN2O2/c1-15(2)12-13-25-18-10-8-16(9-11-18)14-19(22)21-24-23-20(26-21)17-6-4-3-5-7-17/h3-11,14-15H,12-13H2,1-2H3/b19-14-. The van der Waals surface area contributed by atoms with Crippen LogP contribution in [0.1, 0.15) is 31.7 Å². The van der Waals surface area contributed by atoms with Crippen LogP contribution in [-0.4, -0.2) is 16.8 Å². The van der Waals surface area contributed by atoms with Crippen molar-refractivity contribution >= 4 is 22.7 Å². The molecule has 1 aromatic heterocycles. The van der Waals surface area contributed by atoms with Crippen LogP contribution in [-0.2, 0) is 0 Å². The molecule has 0 saturated heterocycles. The van der Waals surface area contributed by atoms with Crippen LogP contribution < -0.4 is 4.74 Å². The van der Waals surface area contributed by atoms with Gasteiger partial charge >= 0.3 is 0 Å². The van der Waals surface area contributed by atoms with E-state index in [4.69, 9.17) is 20.8 Å². The predicted molar refractivity (Wildman–Crippen MR) is 105 cm³/mol. The average Bonchev–Trinajstić information content (AvgIpc) is 3.14. The highest BCUT2D eigenvalue weighted by Gasteiger charge is 2.11. The van der Waals surface area contributed by atoms with E-state index in [1.807, 2.05) is 54.6 Å². The van der Waals surface area contributed by atoms with Crippen LogP contribution in [0, 0.1) is 5.92 Å². The number of benzene rings is 2. The molecule has 3 aromatic rings. The van der Waals surface area contributed by atoms with Gasteiger partial charge in [0.05, 0.1) is 6.61 Å². The number of halogens is 1. The molecule has 1 heterocycles. The third kappa shape index (κ3) is 4.96. The summed E-state index contributed by atoms with van der Waals surface area (Å²) < 4.78 is 11.4. The fourth-order valence-corrected chi connectivity index (χ4v) is 2.50. The van der Waals surface area contributed by atoms with Gasteiger partial charge in [-0.05, 0) is 48.2 Å². The Bertz CT molecular complexity index is 855. The molecule has 0 fully saturated rings. The lowest BCUT2D eigenvalue weighted by molar-refractivity contribution is 0.289. The van der Waals surface area contributed by atoms with Crippen LogP contribution in [0.5, 0.6) is 5.75 Å². The maximum absolute atomic E-state index is 6.33. The molecule has 4 nitrogen and oxygen atoms in total. The second kappa shape index (κ2) is 8.68. The van der Waals surface area contributed by atoms with Crippen LogP contribution in [0.15, 0.2) is 59.0 Å². The largest absolute Gasteiger partial charge is 0.494 e. The zero-order valence-electron chi connectivity index (χ0n) is 14.9. The lowest BCUT2D eigenvalue weighted by Crippen LogP contribution is -2.01. The van der Waals surface area contributed by atoms with Gasteiger partial charge in [0, 0.05) is 5.56 Å². The topological polar surface area (TPSA) is 48.2 Å². The van der Waals surface area contributed by atoms with Gasteiger partial charge in [-0.2, -0.15) is 0 Å². The minimum absolute atomic E-state index is 0.294. The van der Waals surface area contributed by atoms with Gasteiger partial charge in [0.2, 0.25) is 5.89 Å². The van der Waals surface area contributed by atoms with Crippen molar-refractivity contribution in [3.05, 3.63) is 66.1 Å². The first-order valence-corrected chi connectivity index (χ1v) is 8.99. The molecule has 2 aromatic carbocycles. The van der Waals surface area contributed by atoms with Crippen molar-refractivity contribution in [3.63, 3.8) is 0 Å². The lowest BCUT2D eigenvalue weighted by Gasteiger charge is -2.08. The molecule has 0 aliphatic carbocycles. The molecule has 134 valence electrons. The zero-order chi connectivity index (χ0) is 18.4. The highest BCUT2D eigenvalue weighted by molar-refractivity contribution is 6.50. The smallest absolute Gasteiger partial charge is 0.259 e. The fraction of sp³-hybridized carbons (Fsp3) is 0.238. The summed E-state index contributed by atoms with van der Waals surface area (Å²) in [6.45, 7) is 5.08. The first-order chi connectivity index (χ1) is 12.6. The Balaban J connectivity index is 1.67. The van der Waals surface area contributed by atoms with Crippen LogP contribution in [0.3, 0.4) is 0 Å². The highest BCUT2D eigenvalue weighted by atomic mass is 35.5. The maximum Gasteiger partial charge on any atom is 0.259 e. The molecule has 26 heavy (non-hydrogen) atoms. The molecule has 0 unspecified atom stereocenters. The number of hydrogen-bond donors (Lipinski definition) is 0. The zero-order valence-corrected chi connectivity index (χ0v) is 15.6. The van der Waals surface area contributed by atoms with E-state index in [2.05, 4.69) is 24.0 Å². The molecule has 0 amide bonds.